The van der Waals surface area contributed by atoms with Crippen LogP contribution in [0.4, 0.5) is 4.39 Å². The molecule has 0 radical (unpaired) electrons. The molecule has 0 saturated carbocycles. The number of piperazine rings is 1. The molecule has 0 aromatic heterocycles. The van der Waals surface area contributed by atoms with E-state index in [4.69, 9.17) is 0 Å². The van der Waals surface area contributed by atoms with Gasteiger partial charge in [0.25, 0.3) is 0 Å². The van der Waals surface area contributed by atoms with E-state index < -0.39 is 15.8 Å². The second kappa shape index (κ2) is 8.02. The topological polar surface area (TPSA) is 60.9 Å². The minimum atomic E-state index is -3.65. The lowest BCUT2D eigenvalue weighted by atomic mass is 10.0. The zero-order chi connectivity index (χ0) is 18.7. The van der Waals surface area contributed by atoms with Crippen LogP contribution in [0.25, 0.3) is 0 Å². The smallest absolute Gasteiger partial charge is 0.243 e. The predicted molar refractivity (Wildman–Crippen MR) is 96.6 cm³/mol. The number of amides is 1. The molecule has 2 heterocycles. The fraction of sp³-hybridized carbons (Fsp3) is 0.611. The van der Waals surface area contributed by atoms with Gasteiger partial charge in [-0.15, -0.1) is 0 Å². The number of sulfonamides is 1. The van der Waals surface area contributed by atoms with Gasteiger partial charge in [0.2, 0.25) is 15.9 Å². The molecule has 0 bridgehead atoms. The first-order chi connectivity index (χ1) is 12.4. The van der Waals surface area contributed by atoms with Gasteiger partial charge in [-0.05, 0) is 50.6 Å². The lowest BCUT2D eigenvalue weighted by Gasteiger charge is -2.37. The highest BCUT2D eigenvalue weighted by Gasteiger charge is 2.31. The third-order valence-corrected chi connectivity index (χ3v) is 7.23. The number of carbonyl (C=O) groups is 1. The average molecular weight is 383 g/mol. The number of piperidine rings is 1. The minimum Gasteiger partial charge on any atom is -0.339 e. The summed E-state index contributed by atoms with van der Waals surface area (Å²) in [6.07, 6.45) is 3.46. The minimum absolute atomic E-state index is 0.0672. The summed E-state index contributed by atoms with van der Waals surface area (Å²) in [4.78, 5) is 16.6. The van der Waals surface area contributed by atoms with Gasteiger partial charge in [0.15, 0.2) is 0 Å². The molecule has 0 spiro atoms. The van der Waals surface area contributed by atoms with Crippen molar-refractivity contribution in [2.24, 2.45) is 0 Å². The van der Waals surface area contributed by atoms with E-state index in [1.165, 1.54) is 22.9 Å². The van der Waals surface area contributed by atoms with E-state index in [0.29, 0.717) is 25.7 Å². The Morgan fingerprint density at radius 2 is 1.73 bits per heavy atom. The Morgan fingerprint density at radius 3 is 2.35 bits per heavy atom. The number of nitrogens with zero attached hydrogens (tertiary/aromatic N) is 3. The molecule has 26 heavy (non-hydrogen) atoms. The Hall–Kier alpha value is -1.51. The van der Waals surface area contributed by atoms with Crippen LogP contribution in [0.1, 0.15) is 26.2 Å². The molecule has 2 aliphatic heterocycles. The molecule has 1 unspecified atom stereocenters. The van der Waals surface area contributed by atoms with Crippen molar-refractivity contribution in [3.05, 3.63) is 30.1 Å². The van der Waals surface area contributed by atoms with E-state index in [1.807, 2.05) is 0 Å². The van der Waals surface area contributed by atoms with Gasteiger partial charge in [0.05, 0.1) is 11.4 Å². The van der Waals surface area contributed by atoms with Gasteiger partial charge in [0, 0.05) is 32.2 Å². The van der Waals surface area contributed by atoms with E-state index in [1.54, 1.807) is 4.90 Å². The van der Waals surface area contributed by atoms with Crippen LogP contribution in [0.15, 0.2) is 29.2 Å². The van der Waals surface area contributed by atoms with Gasteiger partial charge < -0.3 is 4.90 Å². The average Bonchev–Trinajstić information content (AvgIpc) is 2.64. The largest absolute Gasteiger partial charge is 0.339 e. The van der Waals surface area contributed by atoms with Crippen molar-refractivity contribution in [3.8, 4) is 0 Å². The molecule has 1 aromatic carbocycles. The van der Waals surface area contributed by atoms with Crippen molar-refractivity contribution in [2.45, 2.75) is 37.1 Å². The lowest BCUT2D eigenvalue weighted by Crippen LogP contribution is -2.53. The van der Waals surface area contributed by atoms with Crippen LogP contribution >= 0.6 is 0 Å². The van der Waals surface area contributed by atoms with Crippen LogP contribution in [-0.4, -0.2) is 73.7 Å². The molecule has 0 aliphatic carbocycles. The molecule has 144 valence electrons. The highest BCUT2D eigenvalue weighted by molar-refractivity contribution is 7.89. The van der Waals surface area contributed by atoms with Gasteiger partial charge in [-0.25, -0.2) is 12.8 Å². The summed E-state index contributed by atoms with van der Waals surface area (Å²) in [5, 5.41) is 0. The zero-order valence-corrected chi connectivity index (χ0v) is 15.9. The van der Waals surface area contributed by atoms with Gasteiger partial charge >= 0.3 is 0 Å². The number of carbonyl (C=O) groups excluding carboxylic acids is 1. The monoisotopic (exact) mass is 383 g/mol. The summed E-state index contributed by atoms with van der Waals surface area (Å²) in [5.74, 6) is -0.399. The number of benzene rings is 1. The van der Waals surface area contributed by atoms with Crippen molar-refractivity contribution in [3.63, 3.8) is 0 Å². The fourth-order valence-corrected chi connectivity index (χ4v) is 5.02. The van der Waals surface area contributed by atoms with Gasteiger partial charge in [0.1, 0.15) is 5.82 Å². The van der Waals surface area contributed by atoms with Gasteiger partial charge in [-0.2, -0.15) is 4.31 Å². The summed E-state index contributed by atoms with van der Waals surface area (Å²) in [6, 6.07) is 5.27. The molecule has 2 fully saturated rings. The predicted octanol–water partition coefficient (Wildman–Crippen LogP) is 1.53. The fourth-order valence-electron chi connectivity index (χ4n) is 3.60. The van der Waals surface area contributed by atoms with Gasteiger partial charge in [-0.3, -0.25) is 9.69 Å². The third-order valence-electron chi connectivity index (χ3n) is 5.32. The summed E-state index contributed by atoms with van der Waals surface area (Å²) < 4.78 is 39.6. The summed E-state index contributed by atoms with van der Waals surface area (Å²) >= 11 is 0. The van der Waals surface area contributed by atoms with Crippen molar-refractivity contribution in [1.29, 1.82) is 0 Å². The van der Waals surface area contributed by atoms with Crippen LogP contribution in [-0.2, 0) is 14.8 Å². The van der Waals surface area contributed by atoms with E-state index in [2.05, 4.69) is 11.8 Å². The second-order valence-corrected chi connectivity index (χ2v) is 8.99. The summed E-state index contributed by atoms with van der Waals surface area (Å²) in [7, 11) is -3.65. The maximum absolute atomic E-state index is 13.0. The second-order valence-electron chi connectivity index (χ2n) is 7.05. The van der Waals surface area contributed by atoms with E-state index in [9.17, 15) is 17.6 Å². The molecule has 0 N–H and O–H groups in total. The molecule has 8 heteroatoms. The first kappa shape index (κ1) is 19.3. The van der Waals surface area contributed by atoms with E-state index in [0.717, 1.165) is 31.5 Å². The van der Waals surface area contributed by atoms with E-state index >= 15 is 0 Å². The highest BCUT2D eigenvalue weighted by Crippen LogP contribution is 2.19. The number of halogens is 1. The van der Waals surface area contributed by atoms with Crippen LogP contribution in [0.2, 0.25) is 0 Å². The van der Waals surface area contributed by atoms with Crippen molar-refractivity contribution in [1.82, 2.24) is 14.1 Å². The summed E-state index contributed by atoms with van der Waals surface area (Å²) in [6.45, 7) is 4.82. The van der Waals surface area contributed by atoms with Gasteiger partial charge in [-0.1, -0.05) is 6.42 Å². The summed E-state index contributed by atoms with van der Waals surface area (Å²) in [5.41, 5.74) is 0. The normalized spacial score (nSPS) is 23.2. The maximum Gasteiger partial charge on any atom is 0.243 e. The van der Waals surface area contributed by atoms with Crippen molar-refractivity contribution >= 4 is 15.9 Å². The Kier molecular flexibility index (Phi) is 5.94. The van der Waals surface area contributed by atoms with Crippen LogP contribution < -0.4 is 0 Å². The molecule has 2 saturated heterocycles. The maximum atomic E-state index is 13.0. The first-order valence-corrected chi connectivity index (χ1v) is 10.6. The van der Waals surface area contributed by atoms with Crippen LogP contribution in [0.3, 0.4) is 0 Å². The highest BCUT2D eigenvalue weighted by atomic mass is 32.2. The first-order valence-electron chi connectivity index (χ1n) is 9.15. The third kappa shape index (κ3) is 4.24. The van der Waals surface area contributed by atoms with Crippen molar-refractivity contribution in [2.75, 3.05) is 39.3 Å². The number of hydrogen-bond donors (Lipinski definition) is 0. The quantitative estimate of drug-likeness (QED) is 0.791. The zero-order valence-electron chi connectivity index (χ0n) is 15.1. The standard InChI is InChI=1S/C18H26FN3O3S/c1-15-4-2-3-9-21(15)14-18(23)20-10-12-22(13-11-20)26(24,25)17-7-5-16(19)6-8-17/h5-8,15H,2-4,9-14H2,1H3. The van der Waals surface area contributed by atoms with E-state index in [-0.39, 0.29) is 23.9 Å². The molecule has 6 nitrogen and oxygen atoms in total. The number of likely N-dealkylation sites (tertiary alicyclic amines) is 1. The Morgan fingerprint density at radius 1 is 1.08 bits per heavy atom. The van der Waals surface area contributed by atoms with Crippen molar-refractivity contribution < 1.29 is 17.6 Å². The van der Waals surface area contributed by atoms with Crippen LogP contribution in [0.5, 0.6) is 0 Å². The SMILES string of the molecule is CC1CCCCN1CC(=O)N1CCN(S(=O)(=O)c2ccc(F)cc2)CC1. The Labute approximate surface area is 154 Å². The molecule has 2 aliphatic rings. The molecule has 1 atom stereocenters. The molecule has 3 rings (SSSR count). The molecule has 1 amide bonds. The van der Waals surface area contributed by atoms with Crippen LogP contribution in [0, 0.1) is 5.82 Å². The Balaban J connectivity index is 1.56. The number of rotatable bonds is 4. The molecular formula is C18H26FN3O3S. The molecular weight excluding hydrogens is 357 g/mol. The molecule has 1 aromatic rings. The lowest BCUT2D eigenvalue weighted by molar-refractivity contribution is -0.134. The number of hydrogen-bond acceptors (Lipinski definition) is 4. The Bertz CT molecular complexity index is 731.